The largest absolute Gasteiger partial charge is 0.444 e. The Morgan fingerprint density at radius 1 is 1.36 bits per heavy atom. The van der Waals surface area contributed by atoms with Crippen LogP contribution in [0, 0.1) is 0 Å². The third-order valence-corrected chi connectivity index (χ3v) is 3.89. The van der Waals surface area contributed by atoms with Gasteiger partial charge in [-0.2, -0.15) is 0 Å². The lowest BCUT2D eigenvalue weighted by atomic mass is 10.1. The molecule has 1 atom stereocenters. The Hall–Kier alpha value is -1.56. The monoisotopic (exact) mass is 368 g/mol. The van der Waals surface area contributed by atoms with Crippen molar-refractivity contribution in [2.24, 2.45) is 0 Å². The van der Waals surface area contributed by atoms with E-state index in [0.29, 0.717) is 6.54 Å². The van der Waals surface area contributed by atoms with E-state index in [4.69, 9.17) is 4.74 Å². The first-order chi connectivity index (χ1) is 10.3. The molecule has 2 amide bonds. The lowest BCUT2D eigenvalue weighted by Gasteiger charge is -2.22. The van der Waals surface area contributed by atoms with Crippen molar-refractivity contribution in [1.29, 1.82) is 0 Å². The highest BCUT2D eigenvalue weighted by Gasteiger charge is 2.33. The molecule has 1 aromatic rings. The molecule has 1 fully saturated rings. The van der Waals surface area contributed by atoms with Gasteiger partial charge >= 0.3 is 6.09 Å². The van der Waals surface area contributed by atoms with Crippen molar-refractivity contribution < 1.29 is 14.3 Å². The van der Waals surface area contributed by atoms with E-state index in [1.165, 1.54) is 0 Å². The number of halogens is 1. The van der Waals surface area contributed by atoms with E-state index in [-0.39, 0.29) is 17.9 Å². The molecule has 0 bridgehead atoms. The van der Waals surface area contributed by atoms with Crippen molar-refractivity contribution in [1.82, 2.24) is 5.32 Å². The summed E-state index contributed by atoms with van der Waals surface area (Å²) in [6.07, 6.45) is -0.676. The number of hydrogen-bond acceptors (Lipinski definition) is 3. The van der Waals surface area contributed by atoms with Gasteiger partial charge in [0.25, 0.3) is 0 Å². The highest BCUT2D eigenvalue weighted by molar-refractivity contribution is 9.08. The van der Waals surface area contributed by atoms with Gasteiger partial charge in [0.1, 0.15) is 6.10 Å². The molecule has 0 aromatic heterocycles. The number of nitrogens with one attached hydrogen (secondary N) is 1. The molecule has 1 saturated heterocycles. The molecule has 5 nitrogen and oxygen atoms in total. The molecule has 1 heterocycles. The topological polar surface area (TPSA) is 58.6 Å². The van der Waals surface area contributed by atoms with E-state index >= 15 is 0 Å². The maximum Gasteiger partial charge on any atom is 0.407 e. The predicted molar refractivity (Wildman–Crippen MR) is 89.2 cm³/mol. The highest BCUT2D eigenvalue weighted by atomic mass is 79.9. The second-order valence-corrected chi connectivity index (χ2v) is 6.97. The summed E-state index contributed by atoms with van der Waals surface area (Å²) in [7, 11) is 0. The zero-order chi connectivity index (χ0) is 16.3. The van der Waals surface area contributed by atoms with Crippen LogP contribution in [0.2, 0.25) is 0 Å². The van der Waals surface area contributed by atoms with Crippen LogP contribution in [-0.4, -0.2) is 30.2 Å². The second kappa shape index (κ2) is 6.69. The van der Waals surface area contributed by atoms with Gasteiger partial charge in [0, 0.05) is 16.6 Å². The number of carbonyl (C=O) groups is 2. The number of alkyl halides is 1. The fourth-order valence-corrected chi connectivity index (χ4v) is 2.63. The highest BCUT2D eigenvalue weighted by Crippen LogP contribution is 2.24. The van der Waals surface area contributed by atoms with Crippen LogP contribution in [0.25, 0.3) is 0 Å². The van der Waals surface area contributed by atoms with Crippen molar-refractivity contribution >= 4 is 33.6 Å². The molecule has 120 valence electrons. The second-order valence-electron chi connectivity index (χ2n) is 6.41. The number of benzene rings is 1. The summed E-state index contributed by atoms with van der Waals surface area (Å²) in [5.74, 6) is -0.0276. The van der Waals surface area contributed by atoms with Crippen molar-refractivity contribution in [3.05, 3.63) is 29.8 Å². The van der Waals surface area contributed by atoms with Crippen LogP contribution in [0.4, 0.5) is 10.5 Å². The summed E-state index contributed by atoms with van der Waals surface area (Å²) < 4.78 is 5.33. The molecular formula is C16H21BrN2O3. The van der Waals surface area contributed by atoms with Crippen molar-refractivity contribution in [3.63, 3.8) is 0 Å². The van der Waals surface area contributed by atoms with Gasteiger partial charge in [0.15, 0.2) is 0 Å². The molecular weight excluding hydrogens is 348 g/mol. The number of carbonyl (C=O) groups excluding carboxylic acids is 2. The van der Waals surface area contributed by atoms with E-state index in [1.54, 1.807) is 4.90 Å². The summed E-state index contributed by atoms with van der Waals surface area (Å²) in [5.41, 5.74) is 1.62. The van der Waals surface area contributed by atoms with Crippen LogP contribution in [0.3, 0.4) is 0 Å². The molecule has 0 spiro atoms. The van der Waals surface area contributed by atoms with Gasteiger partial charge in [0.05, 0.1) is 13.0 Å². The molecule has 2 rings (SSSR count). The summed E-state index contributed by atoms with van der Waals surface area (Å²) >= 11 is 3.39. The normalized spacial score (nSPS) is 18.5. The molecule has 1 aliphatic heterocycles. The standard InChI is InChI=1S/C16H21BrN2O3/c1-16(2,3)18-15(21)22-13-8-14(20)19(10-13)12-6-4-11(9-17)5-7-12/h4-7,13H,8-10H2,1-3H3,(H,18,21). The van der Waals surface area contributed by atoms with E-state index in [9.17, 15) is 9.59 Å². The molecule has 1 aromatic carbocycles. The quantitative estimate of drug-likeness (QED) is 0.833. The number of amides is 2. The number of hydrogen-bond donors (Lipinski definition) is 1. The van der Waals surface area contributed by atoms with E-state index < -0.39 is 12.2 Å². The lowest BCUT2D eigenvalue weighted by Crippen LogP contribution is -2.42. The fraction of sp³-hybridized carbons (Fsp3) is 0.500. The average Bonchev–Trinajstić information content (AvgIpc) is 2.77. The number of alkyl carbamates (subject to hydrolysis) is 1. The van der Waals surface area contributed by atoms with Crippen LogP contribution in [0.5, 0.6) is 0 Å². The zero-order valence-electron chi connectivity index (χ0n) is 13.1. The van der Waals surface area contributed by atoms with Crippen LogP contribution in [-0.2, 0) is 14.9 Å². The molecule has 22 heavy (non-hydrogen) atoms. The van der Waals surface area contributed by atoms with E-state index in [0.717, 1.165) is 16.6 Å². The summed E-state index contributed by atoms with van der Waals surface area (Å²) in [5, 5.41) is 3.51. The van der Waals surface area contributed by atoms with Crippen LogP contribution in [0.15, 0.2) is 24.3 Å². The molecule has 1 N–H and O–H groups in total. The number of rotatable bonds is 3. The molecule has 6 heteroatoms. The van der Waals surface area contributed by atoms with Gasteiger partial charge in [-0.3, -0.25) is 4.79 Å². The molecule has 0 radical (unpaired) electrons. The summed E-state index contributed by atoms with van der Waals surface area (Å²) in [6, 6.07) is 7.76. The van der Waals surface area contributed by atoms with Gasteiger partial charge in [0.2, 0.25) is 5.91 Å². The number of ether oxygens (including phenoxy) is 1. The Labute approximate surface area is 139 Å². The minimum atomic E-state index is -0.484. The summed E-state index contributed by atoms with van der Waals surface area (Å²) in [6.45, 7) is 6.04. The van der Waals surface area contributed by atoms with Crippen LogP contribution in [0.1, 0.15) is 32.8 Å². The zero-order valence-corrected chi connectivity index (χ0v) is 14.6. The molecule has 1 aliphatic rings. The first-order valence-corrected chi connectivity index (χ1v) is 8.35. The van der Waals surface area contributed by atoms with Gasteiger partial charge in [-0.15, -0.1) is 0 Å². The van der Waals surface area contributed by atoms with Crippen molar-refractivity contribution in [3.8, 4) is 0 Å². The van der Waals surface area contributed by atoms with Crippen molar-refractivity contribution in [2.45, 2.75) is 44.2 Å². The smallest absolute Gasteiger partial charge is 0.407 e. The first-order valence-electron chi connectivity index (χ1n) is 7.22. The van der Waals surface area contributed by atoms with Gasteiger partial charge in [-0.25, -0.2) is 4.79 Å². The van der Waals surface area contributed by atoms with Gasteiger partial charge in [-0.1, -0.05) is 28.1 Å². The SMILES string of the molecule is CC(C)(C)NC(=O)OC1CC(=O)N(c2ccc(CBr)cc2)C1. The lowest BCUT2D eigenvalue weighted by molar-refractivity contribution is -0.117. The van der Waals surface area contributed by atoms with Crippen LogP contribution >= 0.6 is 15.9 Å². The third-order valence-electron chi connectivity index (χ3n) is 3.24. The Bertz CT molecular complexity index is 552. The van der Waals surface area contributed by atoms with Gasteiger partial charge in [-0.05, 0) is 38.5 Å². The molecule has 0 saturated carbocycles. The Morgan fingerprint density at radius 3 is 2.55 bits per heavy atom. The Kier molecular flexibility index (Phi) is 5.11. The number of nitrogens with zero attached hydrogens (tertiary/aromatic N) is 1. The predicted octanol–water partition coefficient (Wildman–Crippen LogP) is 3.21. The number of anilines is 1. The minimum Gasteiger partial charge on any atom is -0.444 e. The van der Waals surface area contributed by atoms with Crippen molar-refractivity contribution in [2.75, 3.05) is 11.4 Å². The Morgan fingerprint density at radius 2 is 2.00 bits per heavy atom. The molecule has 1 unspecified atom stereocenters. The average molecular weight is 369 g/mol. The van der Waals surface area contributed by atoms with Gasteiger partial charge < -0.3 is 15.0 Å². The minimum absolute atomic E-state index is 0.0276. The van der Waals surface area contributed by atoms with E-state index in [2.05, 4.69) is 21.2 Å². The fourth-order valence-electron chi connectivity index (χ4n) is 2.26. The van der Waals surface area contributed by atoms with Crippen LogP contribution < -0.4 is 10.2 Å². The van der Waals surface area contributed by atoms with E-state index in [1.807, 2.05) is 45.0 Å². The first kappa shape index (κ1) is 16.8. The molecule has 0 aliphatic carbocycles. The Balaban J connectivity index is 1.97. The maximum atomic E-state index is 12.1. The third kappa shape index (κ3) is 4.47. The maximum absolute atomic E-state index is 12.1. The summed E-state index contributed by atoms with van der Waals surface area (Å²) in [4.78, 5) is 25.6.